The molecule has 0 rings (SSSR count). The third-order valence-corrected chi connectivity index (χ3v) is 2.04. The Kier molecular flexibility index (Phi) is 6.67. The van der Waals surface area contributed by atoms with E-state index in [0.29, 0.717) is 6.42 Å². The number of aliphatic hydroxyl groups excluding tert-OH is 1. The minimum atomic E-state index is -1.29. The van der Waals surface area contributed by atoms with Gasteiger partial charge in [-0.15, -0.1) is 0 Å². The quantitative estimate of drug-likeness (QED) is 0.510. The molecule has 0 saturated carbocycles. The summed E-state index contributed by atoms with van der Waals surface area (Å²) in [6.45, 7) is 3.66. The molecule has 0 fully saturated rings. The van der Waals surface area contributed by atoms with Crippen molar-refractivity contribution in [1.29, 1.82) is 0 Å². The molecule has 0 saturated heterocycles. The maximum atomic E-state index is 11.3. The van der Waals surface area contributed by atoms with Crippen molar-refractivity contribution in [2.45, 2.75) is 32.4 Å². The minimum absolute atomic E-state index is 0.179. The van der Waals surface area contributed by atoms with Gasteiger partial charge in [0.2, 0.25) is 0 Å². The third-order valence-electron chi connectivity index (χ3n) is 2.04. The van der Waals surface area contributed by atoms with Crippen LogP contribution in [-0.2, 0) is 14.3 Å². The van der Waals surface area contributed by atoms with Crippen LogP contribution in [0.2, 0.25) is 0 Å². The molecule has 0 unspecified atom stereocenters. The topological polar surface area (TPSA) is 102 Å². The smallest absolute Gasteiger partial charge is 0.328 e. The number of carbonyl (C=O) groups is 2. The van der Waals surface area contributed by atoms with Crippen molar-refractivity contribution in [3.8, 4) is 0 Å². The maximum Gasteiger partial charge on any atom is 0.328 e. The minimum Gasteiger partial charge on any atom is -0.467 e. The largest absolute Gasteiger partial charge is 0.467 e. The number of hydrogen-bond donors (Lipinski definition) is 3. The average molecular weight is 232 g/mol. The Morgan fingerprint density at radius 3 is 2.38 bits per heavy atom. The molecule has 0 aromatic carbocycles. The van der Waals surface area contributed by atoms with Gasteiger partial charge >= 0.3 is 5.97 Å². The molecule has 6 nitrogen and oxygen atoms in total. The maximum absolute atomic E-state index is 11.3. The van der Waals surface area contributed by atoms with Gasteiger partial charge in [-0.2, -0.15) is 0 Å². The number of nitrogens with one attached hydrogen (secondary N) is 1. The highest BCUT2D eigenvalue weighted by atomic mass is 16.5. The molecule has 0 spiro atoms. The summed E-state index contributed by atoms with van der Waals surface area (Å²) >= 11 is 0. The van der Waals surface area contributed by atoms with Gasteiger partial charge in [0.15, 0.2) is 0 Å². The summed E-state index contributed by atoms with van der Waals surface area (Å²) in [7, 11) is 1.25. The van der Waals surface area contributed by atoms with Gasteiger partial charge in [-0.05, 0) is 12.3 Å². The summed E-state index contributed by atoms with van der Waals surface area (Å²) in [5.74, 6) is -0.954. The first kappa shape index (κ1) is 14.9. The molecule has 6 heteroatoms. The summed E-state index contributed by atoms with van der Waals surface area (Å²) in [5.41, 5.74) is 5.13. The van der Waals surface area contributed by atoms with Gasteiger partial charge in [0.1, 0.15) is 12.1 Å². The van der Waals surface area contributed by atoms with Crippen molar-refractivity contribution in [2.24, 2.45) is 11.7 Å². The zero-order chi connectivity index (χ0) is 12.7. The van der Waals surface area contributed by atoms with Crippen molar-refractivity contribution in [3.63, 3.8) is 0 Å². The Labute approximate surface area is 95.1 Å². The first-order valence-electron chi connectivity index (χ1n) is 5.18. The Bertz CT molecular complexity index is 243. The molecule has 0 aliphatic carbocycles. The normalized spacial score (nSPS) is 14.4. The Balaban J connectivity index is 4.42. The lowest BCUT2D eigenvalue weighted by Gasteiger charge is -2.19. The second-order valence-corrected chi connectivity index (χ2v) is 3.97. The van der Waals surface area contributed by atoms with E-state index < -0.39 is 24.0 Å². The molecule has 0 radical (unpaired) electrons. The lowest BCUT2D eigenvalue weighted by Crippen LogP contribution is -2.48. The number of aliphatic hydroxyl groups is 1. The van der Waals surface area contributed by atoms with Crippen LogP contribution in [0.4, 0.5) is 0 Å². The van der Waals surface area contributed by atoms with Crippen LogP contribution in [0, 0.1) is 5.92 Å². The fraction of sp³-hybridized carbons (Fsp3) is 0.800. The van der Waals surface area contributed by atoms with Gasteiger partial charge < -0.3 is 20.9 Å². The second-order valence-electron chi connectivity index (χ2n) is 3.97. The fourth-order valence-corrected chi connectivity index (χ4v) is 1.20. The van der Waals surface area contributed by atoms with E-state index in [1.54, 1.807) is 0 Å². The van der Waals surface area contributed by atoms with Gasteiger partial charge in [0, 0.05) is 6.54 Å². The van der Waals surface area contributed by atoms with Gasteiger partial charge in [0.25, 0.3) is 5.91 Å². The average Bonchev–Trinajstić information content (AvgIpc) is 2.25. The van der Waals surface area contributed by atoms with Gasteiger partial charge in [-0.1, -0.05) is 13.8 Å². The molecule has 0 aliphatic heterocycles. The van der Waals surface area contributed by atoms with Crippen LogP contribution in [0.25, 0.3) is 0 Å². The van der Waals surface area contributed by atoms with Crippen LogP contribution in [0.15, 0.2) is 0 Å². The molecular formula is C10H20N2O4. The Hall–Kier alpha value is -1.14. The second kappa shape index (κ2) is 7.19. The van der Waals surface area contributed by atoms with Gasteiger partial charge in [-0.25, -0.2) is 4.79 Å². The predicted octanol–water partition coefficient (Wildman–Crippen LogP) is -0.990. The monoisotopic (exact) mass is 232 g/mol. The van der Waals surface area contributed by atoms with Crippen molar-refractivity contribution < 1.29 is 19.4 Å². The van der Waals surface area contributed by atoms with Crippen LogP contribution in [0.5, 0.6) is 0 Å². The summed E-state index contributed by atoms with van der Waals surface area (Å²) in [4.78, 5) is 22.7. The summed E-state index contributed by atoms with van der Waals surface area (Å²) in [6, 6.07) is -0.737. The van der Waals surface area contributed by atoms with E-state index >= 15 is 0 Å². The van der Waals surface area contributed by atoms with E-state index in [1.807, 2.05) is 13.8 Å². The predicted molar refractivity (Wildman–Crippen MR) is 58.5 cm³/mol. The highest BCUT2D eigenvalue weighted by molar-refractivity contribution is 5.86. The van der Waals surface area contributed by atoms with Crippen LogP contribution < -0.4 is 11.1 Å². The van der Waals surface area contributed by atoms with Crippen molar-refractivity contribution >= 4 is 11.9 Å². The molecule has 16 heavy (non-hydrogen) atoms. The van der Waals surface area contributed by atoms with Crippen LogP contribution in [0.3, 0.4) is 0 Å². The zero-order valence-corrected chi connectivity index (χ0v) is 9.90. The standard InChI is InChI=1S/C10H20N2O4/c1-6(2)4-7(10(15)16-3)12-9(14)8(13)5-11/h6-8,13H,4-5,11H2,1-3H3,(H,12,14)/t7-,8-/m0/s1. The summed E-state index contributed by atoms with van der Waals surface area (Å²) in [6.07, 6.45) is -0.838. The molecule has 4 N–H and O–H groups in total. The van der Waals surface area contributed by atoms with Crippen molar-refractivity contribution in [1.82, 2.24) is 5.32 Å². The summed E-state index contributed by atoms with van der Waals surface area (Å²) in [5, 5.41) is 11.6. The Morgan fingerprint density at radius 1 is 1.44 bits per heavy atom. The number of esters is 1. The molecule has 94 valence electrons. The molecule has 0 aromatic rings. The highest BCUT2D eigenvalue weighted by Gasteiger charge is 2.24. The highest BCUT2D eigenvalue weighted by Crippen LogP contribution is 2.06. The lowest BCUT2D eigenvalue weighted by atomic mass is 10.0. The number of amides is 1. The number of ether oxygens (including phenoxy) is 1. The van der Waals surface area contributed by atoms with Crippen LogP contribution >= 0.6 is 0 Å². The third kappa shape index (κ3) is 5.09. The van der Waals surface area contributed by atoms with Crippen LogP contribution in [-0.4, -0.2) is 42.8 Å². The molecule has 1 amide bonds. The van der Waals surface area contributed by atoms with E-state index in [9.17, 15) is 14.7 Å². The first-order valence-corrected chi connectivity index (χ1v) is 5.18. The van der Waals surface area contributed by atoms with Gasteiger partial charge in [0.05, 0.1) is 7.11 Å². The molecule has 0 bridgehead atoms. The van der Waals surface area contributed by atoms with E-state index in [1.165, 1.54) is 7.11 Å². The molecule has 0 heterocycles. The van der Waals surface area contributed by atoms with Gasteiger partial charge in [-0.3, -0.25) is 4.79 Å². The Morgan fingerprint density at radius 2 is 2.00 bits per heavy atom. The summed E-state index contributed by atoms with van der Waals surface area (Å²) < 4.78 is 4.56. The number of hydrogen-bond acceptors (Lipinski definition) is 5. The SMILES string of the molecule is COC(=O)[C@H](CC(C)C)NC(=O)[C@@H](O)CN. The van der Waals surface area contributed by atoms with E-state index in [-0.39, 0.29) is 12.5 Å². The number of nitrogens with two attached hydrogens (primary N) is 1. The van der Waals surface area contributed by atoms with Crippen molar-refractivity contribution in [3.05, 3.63) is 0 Å². The first-order chi connectivity index (χ1) is 7.42. The molecule has 2 atom stereocenters. The van der Waals surface area contributed by atoms with E-state index in [2.05, 4.69) is 10.1 Å². The fourth-order valence-electron chi connectivity index (χ4n) is 1.20. The molecular weight excluding hydrogens is 212 g/mol. The molecule has 0 aliphatic rings. The lowest BCUT2D eigenvalue weighted by molar-refractivity contribution is -0.146. The number of methoxy groups -OCH3 is 1. The zero-order valence-electron chi connectivity index (χ0n) is 9.90. The molecule has 0 aromatic heterocycles. The van der Waals surface area contributed by atoms with Crippen molar-refractivity contribution in [2.75, 3.05) is 13.7 Å². The van der Waals surface area contributed by atoms with Crippen LogP contribution in [0.1, 0.15) is 20.3 Å². The number of carbonyl (C=O) groups excluding carboxylic acids is 2. The van der Waals surface area contributed by atoms with E-state index in [4.69, 9.17) is 5.73 Å². The van der Waals surface area contributed by atoms with E-state index in [0.717, 1.165) is 0 Å². The number of rotatable bonds is 6.